The maximum Gasteiger partial charge on any atom is 0.257 e. The van der Waals surface area contributed by atoms with Crippen molar-refractivity contribution >= 4 is 5.91 Å². The van der Waals surface area contributed by atoms with Crippen molar-refractivity contribution in [1.82, 2.24) is 14.7 Å². The first-order chi connectivity index (χ1) is 11.7. The zero-order valence-corrected chi connectivity index (χ0v) is 14.1. The zero-order valence-electron chi connectivity index (χ0n) is 14.1. The van der Waals surface area contributed by atoms with Gasteiger partial charge in [0.25, 0.3) is 5.91 Å². The van der Waals surface area contributed by atoms with Crippen LogP contribution in [0.3, 0.4) is 0 Å². The van der Waals surface area contributed by atoms with Crippen molar-refractivity contribution in [3.63, 3.8) is 0 Å². The van der Waals surface area contributed by atoms with Crippen molar-refractivity contribution in [3.05, 3.63) is 42.2 Å². The third kappa shape index (κ3) is 3.37. The van der Waals surface area contributed by atoms with Crippen LogP contribution in [-0.2, 0) is 6.54 Å². The molecule has 2 heterocycles. The number of amides is 1. The smallest absolute Gasteiger partial charge is 0.257 e. The Bertz CT molecular complexity index is 685. The van der Waals surface area contributed by atoms with E-state index in [1.807, 2.05) is 21.8 Å². The molecular formula is C18H23N3O3. The Morgan fingerprint density at radius 2 is 2.17 bits per heavy atom. The van der Waals surface area contributed by atoms with Crippen LogP contribution in [-0.4, -0.2) is 47.4 Å². The second-order valence-electron chi connectivity index (χ2n) is 5.94. The quantitative estimate of drug-likeness (QED) is 0.846. The summed E-state index contributed by atoms with van der Waals surface area (Å²) in [6.45, 7) is 1.48. The molecule has 0 N–H and O–H groups in total. The number of ether oxygens (including phenoxy) is 2. The summed E-state index contributed by atoms with van der Waals surface area (Å²) >= 11 is 0. The van der Waals surface area contributed by atoms with Crippen molar-refractivity contribution < 1.29 is 14.3 Å². The third-order valence-electron chi connectivity index (χ3n) is 4.48. The first-order valence-electron chi connectivity index (χ1n) is 8.23. The SMILES string of the molecule is COc1ccc(C(=O)N2CCCCC2Cn2cccn2)c(OC)c1. The number of nitrogens with zero attached hydrogens (tertiary/aromatic N) is 3. The maximum absolute atomic E-state index is 13.1. The van der Waals surface area contributed by atoms with Gasteiger partial charge in [0.1, 0.15) is 11.5 Å². The van der Waals surface area contributed by atoms with Crippen LogP contribution in [0.4, 0.5) is 0 Å². The van der Waals surface area contributed by atoms with E-state index in [4.69, 9.17) is 9.47 Å². The van der Waals surface area contributed by atoms with Crippen LogP contribution in [0.1, 0.15) is 29.6 Å². The average Bonchev–Trinajstić information content (AvgIpc) is 3.14. The molecule has 0 saturated carbocycles. The Morgan fingerprint density at radius 3 is 2.88 bits per heavy atom. The lowest BCUT2D eigenvalue weighted by atomic mass is 10.0. The molecule has 24 heavy (non-hydrogen) atoms. The maximum atomic E-state index is 13.1. The van der Waals surface area contributed by atoms with E-state index in [2.05, 4.69) is 5.10 Å². The van der Waals surface area contributed by atoms with Crippen LogP contribution in [0.25, 0.3) is 0 Å². The van der Waals surface area contributed by atoms with Gasteiger partial charge in [-0.1, -0.05) is 0 Å². The molecule has 128 valence electrons. The number of piperidine rings is 1. The van der Waals surface area contributed by atoms with Gasteiger partial charge in [-0.15, -0.1) is 0 Å². The lowest BCUT2D eigenvalue weighted by Gasteiger charge is -2.36. The van der Waals surface area contributed by atoms with E-state index in [0.29, 0.717) is 17.1 Å². The molecule has 1 saturated heterocycles. The summed E-state index contributed by atoms with van der Waals surface area (Å²) in [6.07, 6.45) is 6.85. The van der Waals surface area contributed by atoms with Crippen LogP contribution < -0.4 is 9.47 Å². The molecule has 0 aliphatic carbocycles. The molecule has 0 spiro atoms. The van der Waals surface area contributed by atoms with Crippen LogP contribution in [0.5, 0.6) is 11.5 Å². The summed E-state index contributed by atoms with van der Waals surface area (Å²) in [5, 5.41) is 4.27. The highest BCUT2D eigenvalue weighted by atomic mass is 16.5. The molecule has 1 aliphatic heterocycles. The van der Waals surface area contributed by atoms with Crippen molar-refractivity contribution in [3.8, 4) is 11.5 Å². The van der Waals surface area contributed by atoms with Gasteiger partial charge in [-0.05, 0) is 37.5 Å². The van der Waals surface area contributed by atoms with E-state index in [9.17, 15) is 4.79 Å². The molecule has 1 aromatic heterocycles. The molecule has 1 atom stereocenters. The molecule has 3 rings (SSSR count). The minimum absolute atomic E-state index is 0.00589. The number of rotatable bonds is 5. The molecular weight excluding hydrogens is 306 g/mol. The molecule has 6 nitrogen and oxygen atoms in total. The van der Waals surface area contributed by atoms with Gasteiger partial charge >= 0.3 is 0 Å². The van der Waals surface area contributed by atoms with E-state index in [-0.39, 0.29) is 11.9 Å². The molecule has 1 fully saturated rings. The van der Waals surface area contributed by atoms with E-state index >= 15 is 0 Å². The Balaban J connectivity index is 1.83. The fraction of sp³-hybridized carbons (Fsp3) is 0.444. The molecule has 1 aliphatic rings. The number of aromatic nitrogens is 2. The number of carbonyl (C=O) groups is 1. The van der Waals surface area contributed by atoms with Crippen molar-refractivity contribution in [2.45, 2.75) is 31.8 Å². The van der Waals surface area contributed by atoms with Crippen LogP contribution in [0, 0.1) is 0 Å². The van der Waals surface area contributed by atoms with Crippen molar-refractivity contribution in [1.29, 1.82) is 0 Å². The third-order valence-corrected chi connectivity index (χ3v) is 4.48. The number of likely N-dealkylation sites (tertiary alicyclic amines) is 1. The summed E-state index contributed by atoms with van der Waals surface area (Å²) in [5.41, 5.74) is 0.575. The van der Waals surface area contributed by atoms with Gasteiger partial charge in [-0.2, -0.15) is 5.10 Å². The fourth-order valence-corrected chi connectivity index (χ4v) is 3.21. The minimum Gasteiger partial charge on any atom is -0.497 e. The van der Waals surface area contributed by atoms with Crippen LogP contribution in [0.15, 0.2) is 36.7 Å². The average molecular weight is 329 g/mol. The summed E-state index contributed by atoms with van der Waals surface area (Å²) in [4.78, 5) is 15.0. The number of hydrogen-bond donors (Lipinski definition) is 0. The highest BCUT2D eigenvalue weighted by Crippen LogP contribution is 2.28. The summed E-state index contributed by atoms with van der Waals surface area (Å²) in [7, 11) is 3.17. The minimum atomic E-state index is 0.00589. The van der Waals surface area contributed by atoms with E-state index in [1.54, 1.807) is 38.6 Å². The fourth-order valence-electron chi connectivity index (χ4n) is 3.21. The largest absolute Gasteiger partial charge is 0.497 e. The topological polar surface area (TPSA) is 56.6 Å². The Hall–Kier alpha value is -2.50. The predicted octanol–water partition coefficient (Wildman–Crippen LogP) is 2.60. The molecule has 1 unspecified atom stereocenters. The molecule has 0 radical (unpaired) electrons. The first-order valence-corrected chi connectivity index (χ1v) is 8.23. The lowest BCUT2D eigenvalue weighted by Crippen LogP contribution is -2.46. The lowest BCUT2D eigenvalue weighted by molar-refractivity contribution is 0.0580. The van der Waals surface area contributed by atoms with Crippen molar-refractivity contribution in [2.24, 2.45) is 0 Å². The summed E-state index contributed by atoms with van der Waals surface area (Å²) in [6, 6.07) is 7.38. The molecule has 1 amide bonds. The van der Waals surface area contributed by atoms with E-state index in [1.165, 1.54) is 0 Å². The van der Waals surface area contributed by atoms with Crippen molar-refractivity contribution in [2.75, 3.05) is 20.8 Å². The van der Waals surface area contributed by atoms with Crippen LogP contribution in [0.2, 0.25) is 0 Å². The second kappa shape index (κ2) is 7.38. The van der Waals surface area contributed by atoms with E-state index < -0.39 is 0 Å². The summed E-state index contributed by atoms with van der Waals surface area (Å²) in [5.74, 6) is 1.23. The molecule has 0 bridgehead atoms. The molecule has 1 aromatic carbocycles. The van der Waals surface area contributed by atoms with Gasteiger partial charge in [0.05, 0.1) is 32.4 Å². The number of benzene rings is 1. The van der Waals surface area contributed by atoms with Gasteiger partial charge < -0.3 is 14.4 Å². The Kier molecular flexibility index (Phi) is 5.03. The predicted molar refractivity (Wildman–Crippen MR) is 90.4 cm³/mol. The monoisotopic (exact) mass is 329 g/mol. The normalized spacial score (nSPS) is 17.6. The Morgan fingerprint density at radius 1 is 1.29 bits per heavy atom. The van der Waals surface area contributed by atoms with Gasteiger partial charge in [0, 0.05) is 25.0 Å². The summed E-state index contributed by atoms with van der Waals surface area (Å²) < 4.78 is 12.5. The highest BCUT2D eigenvalue weighted by Gasteiger charge is 2.29. The van der Waals surface area contributed by atoms with Gasteiger partial charge in [-0.3, -0.25) is 9.48 Å². The number of methoxy groups -OCH3 is 2. The number of carbonyl (C=O) groups excluding carboxylic acids is 1. The van der Waals surface area contributed by atoms with Crippen LogP contribution >= 0.6 is 0 Å². The standard InChI is InChI=1S/C18H23N3O3/c1-23-15-7-8-16(17(12-15)24-2)18(22)21-11-4-3-6-14(21)13-20-10-5-9-19-20/h5,7-10,12,14H,3-4,6,11,13H2,1-2H3. The highest BCUT2D eigenvalue weighted by molar-refractivity contribution is 5.97. The number of hydrogen-bond acceptors (Lipinski definition) is 4. The van der Waals surface area contributed by atoms with Gasteiger partial charge in [0.2, 0.25) is 0 Å². The first kappa shape index (κ1) is 16.4. The second-order valence-corrected chi connectivity index (χ2v) is 5.94. The molecule has 6 heteroatoms. The van der Waals surface area contributed by atoms with Gasteiger partial charge in [-0.25, -0.2) is 0 Å². The molecule has 2 aromatic rings. The Labute approximate surface area is 142 Å². The van der Waals surface area contributed by atoms with Gasteiger partial charge in [0.15, 0.2) is 0 Å². The zero-order chi connectivity index (χ0) is 16.9. The van der Waals surface area contributed by atoms with E-state index in [0.717, 1.165) is 32.4 Å².